The number of piperidine rings is 1. The normalized spacial score (nSPS) is 26.4. The van der Waals surface area contributed by atoms with Crippen molar-refractivity contribution in [3.8, 4) is 5.75 Å². The van der Waals surface area contributed by atoms with Crippen LogP contribution in [-0.2, 0) is 25.5 Å². The van der Waals surface area contributed by atoms with Crippen molar-refractivity contribution in [2.75, 3.05) is 26.8 Å². The van der Waals surface area contributed by atoms with Gasteiger partial charge in [-0.05, 0) is 85.2 Å². The van der Waals surface area contributed by atoms with Crippen molar-refractivity contribution in [1.29, 1.82) is 0 Å². The Labute approximate surface area is 266 Å². The molecular weight excluding hydrogens is 567 g/mol. The number of phenolic OH excluding ortho intramolecular Hbond substituents is 1. The molecular formula is C36H45BN2O6. The fourth-order valence-corrected chi connectivity index (χ4v) is 8.11. The summed E-state index contributed by atoms with van der Waals surface area (Å²) in [7, 11) is 0.671. The second-order valence-electron chi connectivity index (χ2n) is 13.1. The summed E-state index contributed by atoms with van der Waals surface area (Å²) in [6, 6.07) is 17.5. The Morgan fingerprint density at radius 2 is 1.78 bits per heavy atom. The predicted octanol–water partition coefficient (Wildman–Crippen LogP) is 5.07. The van der Waals surface area contributed by atoms with Gasteiger partial charge in [0.1, 0.15) is 5.75 Å². The minimum absolute atomic E-state index is 0.0539. The standard InChI is InChI=1S/C36H45BN2O6/c1-3-24(19-25-9-12-29(40)13-10-25)11-14-32-33-27(23-44-2)20-30-34(31(33)21-37(43)45-32)36(42)39(35(30)41)28-15-17-38(18-16-28)22-26-7-5-4-6-8-26/h4-10,12-13,19,28,30-32,34,40,43H,3,11,14-18,20-23H2,1-2H3/b24-19+/t30-,31+,32-,34-/m1/s1. The highest BCUT2D eigenvalue weighted by atomic mass is 16.5. The fraction of sp³-hybridized carbons (Fsp3) is 0.500. The molecule has 8 nitrogen and oxygen atoms in total. The van der Waals surface area contributed by atoms with Crippen molar-refractivity contribution in [3.05, 3.63) is 82.4 Å². The van der Waals surface area contributed by atoms with E-state index in [9.17, 15) is 19.7 Å². The third kappa shape index (κ3) is 6.82. The second-order valence-corrected chi connectivity index (χ2v) is 13.1. The highest BCUT2D eigenvalue weighted by Crippen LogP contribution is 2.51. The van der Waals surface area contributed by atoms with Crippen LogP contribution in [0.3, 0.4) is 0 Å². The van der Waals surface area contributed by atoms with Crippen molar-refractivity contribution < 1.29 is 29.1 Å². The Hall–Kier alpha value is -3.24. The Balaban J connectivity index is 1.18. The van der Waals surface area contributed by atoms with Crippen LogP contribution in [0.1, 0.15) is 56.6 Å². The summed E-state index contributed by atoms with van der Waals surface area (Å²) in [6.07, 6.45) is 6.45. The van der Waals surface area contributed by atoms with Crippen LogP contribution in [-0.4, -0.2) is 77.8 Å². The smallest absolute Gasteiger partial charge is 0.455 e. The van der Waals surface area contributed by atoms with Crippen molar-refractivity contribution in [3.63, 3.8) is 0 Å². The Morgan fingerprint density at radius 1 is 1.04 bits per heavy atom. The summed E-state index contributed by atoms with van der Waals surface area (Å²) in [5.74, 6) is -1.00. The number of likely N-dealkylation sites (tertiary alicyclic amines) is 2. The molecule has 0 spiro atoms. The van der Waals surface area contributed by atoms with Gasteiger partial charge < -0.3 is 19.5 Å². The van der Waals surface area contributed by atoms with E-state index < -0.39 is 19.0 Å². The number of aromatic hydroxyl groups is 1. The highest BCUT2D eigenvalue weighted by molar-refractivity contribution is 6.43. The van der Waals surface area contributed by atoms with E-state index in [2.05, 4.69) is 42.2 Å². The van der Waals surface area contributed by atoms with Gasteiger partial charge >= 0.3 is 7.12 Å². The molecule has 0 unspecified atom stereocenters. The molecule has 4 aliphatic rings. The van der Waals surface area contributed by atoms with Crippen LogP contribution < -0.4 is 0 Å². The number of fused-ring (bicyclic) bond motifs is 3. The van der Waals surface area contributed by atoms with Crippen molar-refractivity contribution in [2.45, 2.75) is 70.5 Å². The lowest BCUT2D eigenvalue weighted by Crippen LogP contribution is -2.48. The van der Waals surface area contributed by atoms with Crippen LogP contribution in [0.15, 0.2) is 71.3 Å². The maximum absolute atomic E-state index is 14.2. The van der Waals surface area contributed by atoms with E-state index >= 15 is 0 Å². The maximum atomic E-state index is 14.2. The average molecular weight is 613 g/mol. The summed E-state index contributed by atoms with van der Waals surface area (Å²) < 4.78 is 11.8. The lowest BCUT2D eigenvalue weighted by molar-refractivity contribution is -0.144. The number of amides is 2. The second kappa shape index (κ2) is 14.0. The van der Waals surface area contributed by atoms with E-state index in [1.807, 2.05) is 18.2 Å². The van der Waals surface area contributed by atoms with Gasteiger partial charge in [-0.1, -0.05) is 61.0 Å². The van der Waals surface area contributed by atoms with Crippen LogP contribution in [0.4, 0.5) is 0 Å². The average Bonchev–Trinajstić information content (AvgIpc) is 3.29. The molecule has 4 atom stereocenters. The molecule has 3 fully saturated rings. The number of carbonyl (C=O) groups excluding carboxylic acids is 2. The monoisotopic (exact) mass is 612 g/mol. The molecule has 2 N–H and O–H groups in total. The van der Waals surface area contributed by atoms with E-state index in [4.69, 9.17) is 9.39 Å². The van der Waals surface area contributed by atoms with E-state index in [1.54, 1.807) is 24.1 Å². The van der Waals surface area contributed by atoms with Gasteiger partial charge in [-0.15, -0.1) is 0 Å². The number of benzene rings is 2. The van der Waals surface area contributed by atoms with Gasteiger partial charge in [-0.2, -0.15) is 0 Å². The molecule has 1 aliphatic carbocycles. The number of hydrogen-bond donors (Lipinski definition) is 2. The number of ether oxygens (including phenoxy) is 1. The SMILES string of the molecule is CC/C(=C\c1ccc(O)cc1)CC[C@H]1OB(O)C[C@H]2C1=C(COC)C[C@H]1C(=O)N(C3CCN(Cc4ccccc4)CC3)C(=O)[C@H]12. The van der Waals surface area contributed by atoms with Gasteiger partial charge in [-0.3, -0.25) is 19.4 Å². The van der Waals surface area contributed by atoms with Crippen LogP contribution >= 0.6 is 0 Å². The molecule has 45 heavy (non-hydrogen) atoms. The Bertz CT molecular complexity index is 1420. The summed E-state index contributed by atoms with van der Waals surface area (Å²) >= 11 is 0. The van der Waals surface area contributed by atoms with Crippen LogP contribution in [0, 0.1) is 17.8 Å². The molecule has 0 aromatic heterocycles. The summed E-state index contributed by atoms with van der Waals surface area (Å²) in [5.41, 5.74) is 5.63. The first kappa shape index (κ1) is 31.7. The maximum Gasteiger partial charge on any atom is 0.455 e. The zero-order chi connectivity index (χ0) is 31.5. The number of methoxy groups -OCH3 is 1. The van der Waals surface area contributed by atoms with Gasteiger partial charge in [0.25, 0.3) is 0 Å². The van der Waals surface area contributed by atoms with Gasteiger partial charge in [-0.25, -0.2) is 0 Å². The van der Waals surface area contributed by atoms with E-state index in [0.29, 0.717) is 25.8 Å². The fourth-order valence-electron chi connectivity index (χ4n) is 8.11. The molecule has 0 radical (unpaired) electrons. The number of allylic oxidation sites excluding steroid dienone is 1. The molecule has 238 valence electrons. The van der Waals surface area contributed by atoms with E-state index in [-0.39, 0.29) is 35.6 Å². The van der Waals surface area contributed by atoms with E-state index in [1.165, 1.54) is 11.1 Å². The number of nitrogens with zero attached hydrogens (tertiary/aromatic N) is 2. The zero-order valence-corrected chi connectivity index (χ0v) is 26.4. The topological polar surface area (TPSA) is 99.5 Å². The summed E-state index contributed by atoms with van der Waals surface area (Å²) in [4.78, 5) is 32.2. The van der Waals surface area contributed by atoms with Crippen molar-refractivity contribution in [2.24, 2.45) is 17.8 Å². The third-order valence-electron chi connectivity index (χ3n) is 10.3. The quantitative estimate of drug-likeness (QED) is 0.220. The summed E-state index contributed by atoms with van der Waals surface area (Å²) in [5, 5.41) is 20.6. The molecule has 2 aromatic carbocycles. The summed E-state index contributed by atoms with van der Waals surface area (Å²) in [6.45, 7) is 5.07. The molecule has 3 aliphatic heterocycles. The van der Waals surface area contributed by atoms with Crippen molar-refractivity contribution >= 4 is 25.0 Å². The minimum Gasteiger partial charge on any atom is -0.508 e. The van der Waals surface area contributed by atoms with Gasteiger partial charge in [0.15, 0.2) is 0 Å². The number of rotatable bonds is 10. The number of carbonyl (C=O) groups is 2. The first-order valence-electron chi connectivity index (χ1n) is 16.5. The van der Waals surface area contributed by atoms with Crippen LogP contribution in [0.5, 0.6) is 5.75 Å². The molecule has 0 bridgehead atoms. The molecule has 2 aromatic rings. The van der Waals surface area contributed by atoms with Gasteiger partial charge in [0, 0.05) is 32.8 Å². The highest BCUT2D eigenvalue weighted by Gasteiger charge is 2.58. The molecule has 3 heterocycles. The van der Waals surface area contributed by atoms with Gasteiger partial charge in [0.2, 0.25) is 11.8 Å². The molecule has 0 saturated carbocycles. The number of hydrogen-bond acceptors (Lipinski definition) is 7. The molecule has 6 rings (SSSR count). The van der Waals surface area contributed by atoms with Crippen LogP contribution in [0.2, 0.25) is 6.32 Å². The van der Waals surface area contributed by atoms with Gasteiger partial charge in [0.05, 0.1) is 24.5 Å². The third-order valence-corrected chi connectivity index (χ3v) is 10.3. The predicted molar refractivity (Wildman–Crippen MR) is 174 cm³/mol. The minimum atomic E-state index is -0.990. The Morgan fingerprint density at radius 3 is 2.47 bits per heavy atom. The lowest BCUT2D eigenvalue weighted by atomic mass is 9.58. The van der Waals surface area contributed by atoms with Crippen molar-refractivity contribution in [1.82, 2.24) is 9.80 Å². The molecule has 3 saturated heterocycles. The zero-order valence-electron chi connectivity index (χ0n) is 26.4. The first-order chi connectivity index (χ1) is 21.9. The first-order valence-corrected chi connectivity index (χ1v) is 16.5. The van der Waals surface area contributed by atoms with E-state index in [0.717, 1.165) is 62.0 Å². The lowest BCUT2D eigenvalue weighted by Gasteiger charge is -2.43. The largest absolute Gasteiger partial charge is 0.508 e. The Kier molecular flexibility index (Phi) is 9.90. The number of imide groups is 1. The molecule has 9 heteroatoms. The number of phenols is 1. The molecule has 2 amide bonds. The van der Waals surface area contributed by atoms with Crippen LogP contribution in [0.25, 0.3) is 6.08 Å².